The van der Waals surface area contributed by atoms with Gasteiger partial charge < -0.3 is 15.0 Å². The van der Waals surface area contributed by atoms with Crippen LogP contribution >= 0.6 is 11.6 Å². The fourth-order valence-electron chi connectivity index (χ4n) is 3.26. The SMILES string of the molecule is COc1ccc(Cl)cc1NC(=O)CCN1CCC[C@@H](c2ccn[nH]2)C1. The number of H-pyrrole nitrogens is 1. The van der Waals surface area contributed by atoms with Crippen molar-refractivity contribution in [1.82, 2.24) is 15.1 Å². The van der Waals surface area contributed by atoms with Crippen molar-refractivity contribution >= 4 is 23.2 Å². The van der Waals surface area contributed by atoms with Gasteiger partial charge in [-0.2, -0.15) is 5.10 Å². The van der Waals surface area contributed by atoms with Crippen LogP contribution in [0.2, 0.25) is 5.02 Å². The van der Waals surface area contributed by atoms with Crippen LogP contribution in [0.3, 0.4) is 0 Å². The number of methoxy groups -OCH3 is 1. The molecule has 1 atom stereocenters. The van der Waals surface area contributed by atoms with Crippen LogP contribution in [-0.4, -0.2) is 47.7 Å². The van der Waals surface area contributed by atoms with Crippen LogP contribution in [-0.2, 0) is 4.79 Å². The lowest BCUT2D eigenvalue weighted by Crippen LogP contribution is -2.36. The van der Waals surface area contributed by atoms with Crippen LogP contribution in [0, 0.1) is 0 Å². The van der Waals surface area contributed by atoms with Gasteiger partial charge in [0.1, 0.15) is 5.75 Å². The van der Waals surface area contributed by atoms with E-state index >= 15 is 0 Å². The molecule has 2 aromatic rings. The highest BCUT2D eigenvalue weighted by Gasteiger charge is 2.22. The molecule has 0 saturated carbocycles. The van der Waals surface area contributed by atoms with E-state index in [0.29, 0.717) is 28.8 Å². The maximum atomic E-state index is 12.3. The number of carbonyl (C=O) groups is 1. The summed E-state index contributed by atoms with van der Waals surface area (Å²) < 4.78 is 5.26. The van der Waals surface area contributed by atoms with Gasteiger partial charge >= 0.3 is 0 Å². The standard InChI is InChI=1S/C18H23ClN4O2/c1-25-17-5-4-14(19)11-16(17)21-18(24)7-10-23-9-2-3-13(12-23)15-6-8-20-22-15/h4-6,8,11,13H,2-3,7,9-10,12H2,1H3,(H,20,22)(H,21,24)/t13-/m1/s1. The van der Waals surface area contributed by atoms with E-state index in [1.807, 2.05) is 6.07 Å². The summed E-state index contributed by atoms with van der Waals surface area (Å²) in [7, 11) is 1.57. The summed E-state index contributed by atoms with van der Waals surface area (Å²) >= 11 is 6.00. The van der Waals surface area contributed by atoms with Crippen LogP contribution in [0.25, 0.3) is 0 Å². The van der Waals surface area contributed by atoms with Crippen molar-refractivity contribution in [3.05, 3.63) is 41.2 Å². The van der Waals surface area contributed by atoms with Gasteiger partial charge in [-0.15, -0.1) is 0 Å². The number of benzene rings is 1. The van der Waals surface area contributed by atoms with Crippen molar-refractivity contribution in [2.45, 2.75) is 25.2 Å². The Bertz CT molecular complexity index is 705. The topological polar surface area (TPSA) is 70.2 Å². The van der Waals surface area contributed by atoms with E-state index < -0.39 is 0 Å². The monoisotopic (exact) mass is 362 g/mol. The molecule has 1 amide bonds. The number of rotatable bonds is 6. The largest absolute Gasteiger partial charge is 0.495 e. The molecule has 1 fully saturated rings. The number of nitrogens with zero attached hydrogens (tertiary/aromatic N) is 2. The summed E-state index contributed by atoms with van der Waals surface area (Å²) in [4.78, 5) is 14.6. The Morgan fingerprint density at radius 1 is 1.48 bits per heavy atom. The number of hydrogen-bond donors (Lipinski definition) is 2. The molecule has 1 aliphatic heterocycles. The normalized spacial score (nSPS) is 18.1. The van der Waals surface area contributed by atoms with Crippen molar-refractivity contribution in [3.8, 4) is 5.75 Å². The van der Waals surface area contributed by atoms with E-state index in [4.69, 9.17) is 16.3 Å². The molecular formula is C18H23ClN4O2. The molecule has 0 unspecified atom stereocenters. The molecule has 6 nitrogen and oxygen atoms in total. The van der Waals surface area contributed by atoms with Crippen molar-refractivity contribution in [3.63, 3.8) is 0 Å². The molecule has 0 aliphatic carbocycles. The Balaban J connectivity index is 1.51. The van der Waals surface area contributed by atoms with Gasteiger partial charge in [-0.25, -0.2) is 0 Å². The average Bonchev–Trinajstić information content (AvgIpc) is 3.15. The van der Waals surface area contributed by atoms with Gasteiger partial charge in [0, 0.05) is 42.3 Å². The number of likely N-dealkylation sites (tertiary alicyclic amines) is 1. The van der Waals surface area contributed by atoms with Crippen LogP contribution < -0.4 is 10.1 Å². The van der Waals surface area contributed by atoms with E-state index in [0.717, 1.165) is 32.5 Å². The quantitative estimate of drug-likeness (QED) is 0.827. The van der Waals surface area contributed by atoms with Gasteiger partial charge in [0.05, 0.1) is 12.8 Å². The lowest BCUT2D eigenvalue weighted by Gasteiger charge is -2.32. The van der Waals surface area contributed by atoms with E-state index in [9.17, 15) is 4.79 Å². The highest BCUT2D eigenvalue weighted by molar-refractivity contribution is 6.31. The fourth-order valence-corrected chi connectivity index (χ4v) is 3.43. The number of hydrogen-bond acceptors (Lipinski definition) is 4. The second kappa shape index (κ2) is 8.36. The molecule has 1 aromatic heterocycles. The third kappa shape index (κ3) is 4.74. The molecule has 134 valence electrons. The molecule has 3 rings (SSSR count). The Kier molecular flexibility index (Phi) is 5.94. The number of nitrogens with one attached hydrogen (secondary N) is 2. The van der Waals surface area contributed by atoms with E-state index in [1.54, 1.807) is 31.5 Å². The number of carbonyl (C=O) groups excluding carboxylic acids is 1. The molecule has 25 heavy (non-hydrogen) atoms. The first kappa shape index (κ1) is 17.8. The van der Waals surface area contributed by atoms with Crippen molar-refractivity contribution < 1.29 is 9.53 Å². The zero-order valence-corrected chi connectivity index (χ0v) is 15.1. The van der Waals surface area contributed by atoms with Crippen molar-refractivity contribution in [2.75, 3.05) is 32.1 Å². The van der Waals surface area contributed by atoms with Gasteiger partial charge in [0.2, 0.25) is 5.91 Å². The first-order valence-corrected chi connectivity index (χ1v) is 8.88. The summed E-state index contributed by atoms with van der Waals surface area (Å²) in [5, 5.41) is 10.6. The van der Waals surface area contributed by atoms with Crippen LogP contribution in [0.1, 0.15) is 30.9 Å². The lowest BCUT2D eigenvalue weighted by molar-refractivity contribution is -0.116. The Hall–Kier alpha value is -2.05. The van der Waals surface area contributed by atoms with Crippen LogP contribution in [0.5, 0.6) is 5.75 Å². The second-order valence-corrected chi connectivity index (χ2v) is 6.73. The number of piperidine rings is 1. The summed E-state index contributed by atoms with van der Waals surface area (Å²) in [6.45, 7) is 2.72. The molecule has 0 spiro atoms. The summed E-state index contributed by atoms with van der Waals surface area (Å²) in [5.41, 5.74) is 1.78. The zero-order valence-electron chi connectivity index (χ0n) is 14.3. The van der Waals surface area contributed by atoms with E-state index in [1.165, 1.54) is 5.69 Å². The first-order chi connectivity index (χ1) is 12.2. The molecule has 0 radical (unpaired) electrons. The number of aromatic amines is 1. The predicted octanol–water partition coefficient (Wildman–Crippen LogP) is 3.28. The molecular weight excluding hydrogens is 340 g/mol. The summed E-state index contributed by atoms with van der Waals surface area (Å²) in [6.07, 6.45) is 4.52. The molecule has 7 heteroatoms. The van der Waals surface area contributed by atoms with Crippen molar-refractivity contribution in [2.24, 2.45) is 0 Å². The maximum Gasteiger partial charge on any atom is 0.225 e. The number of aromatic nitrogens is 2. The number of amides is 1. The average molecular weight is 363 g/mol. The number of halogens is 1. The summed E-state index contributed by atoms with van der Waals surface area (Å²) in [6, 6.07) is 7.22. The summed E-state index contributed by atoms with van der Waals surface area (Å²) in [5.74, 6) is 1.03. The molecule has 1 aliphatic rings. The Morgan fingerprint density at radius 2 is 2.36 bits per heavy atom. The molecule has 1 aromatic carbocycles. The smallest absolute Gasteiger partial charge is 0.225 e. The molecule has 2 heterocycles. The van der Waals surface area contributed by atoms with Gasteiger partial charge in [-0.3, -0.25) is 9.89 Å². The molecule has 0 bridgehead atoms. The van der Waals surface area contributed by atoms with Gasteiger partial charge in [-0.05, 0) is 43.7 Å². The van der Waals surface area contributed by atoms with E-state index in [2.05, 4.69) is 20.4 Å². The second-order valence-electron chi connectivity index (χ2n) is 6.29. The van der Waals surface area contributed by atoms with Gasteiger partial charge in [-0.1, -0.05) is 11.6 Å². The molecule has 2 N–H and O–H groups in total. The predicted molar refractivity (Wildman–Crippen MR) is 98.3 cm³/mol. The van der Waals surface area contributed by atoms with E-state index in [-0.39, 0.29) is 5.91 Å². The van der Waals surface area contributed by atoms with Crippen LogP contribution in [0.15, 0.2) is 30.5 Å². The first-order valence-electron chi connectivity index (χ1n) is 8.50. The minimum atomic E-state index is -0.0377. The fraction of sp³-hybridized carbons (Fsp3) is 0.444. The number of anilines is 1. The highest BCUT2D eigenvalue weighted by atomic mass is 35.5. The number of ether oxygens (including phenoxy) is 1. The lowest BCUT2D eigenvalue weighted by atomic mass is 9.95. The minimum Gasteiger partial charge on any atom is -0.495 e. The Morgan fingerprint density at radius 3 is 3.12 bits per heavy atom. The Labute approximate surface area is 152 Å². The van der Waals surface area contributed by atoms with Gasteiger partial charge in [0.15, 0.2) is 0 Å². The minimum absolute atomic E-state index is 0.0377. The third-order valence-corrected chi connectivity index (χ3v) is 4.79. The van der Waals surface area contributed by atoms with Crippen LogP contribution in [0.4, 0.5) is 5.69 Å². The van der Waals surface area contributed by atoms with Crippen molar-refractivity contribution in [1.29, 1.82) is 0 Å². The third-order valence-electron chi connectivity index (χ3n) is 4.56. The molecule has 1 saturated heterocycles. The zero-order chi connectivity index (χ0) is 17.6. The van der Waals surface area contributed by atoms with Gasteiger partial charge in [0.25, 0.3) is 0 Å². The highest BCUT2D eigenvalue weighted by Crippen LogP contribution is 2.28. The maximum absolute atomic E-state index is 12.3.